The normalized spacial score (nSPS) is 22.5. The average Bonchev–Trinajstić information content (AvgIpc) is 3.43. The Bertz CT molecular complexity index is 1750. The number of hydrogen-bond donors (Lipinski definition) is 0. The third-order valence-corrected chi connectivity index (χ3v) is 9.45. The number of alkyl halides is 3. The van der Waals surface area contributed by atoms with E-state index in [-0.39, 0.29) is 16.5 Å². The first kappa shape index (κ1) is 28.8. The number of rotatable bonds is 3. The van der Waals surface area contributed by atoms with Crippen LogP contribution in [-0.4, -0.2) is 44.0 Å². The van der Waals surface area contributed by atoms with Gasteiger partial charge in [-0.3, -0.25) is 0 Å². The molecule has 0 atom stereocenters. The molecule has 0 saturated heterocycles. The average molecular weight is 581 g/mol. The summed E-state index contributed by atoms with van der Waals surface area (Å²) in [5.41, 5.74) is 3.67. The number of anilines is 1. The van der Waals surface area contributed by atoms with Gasteiger partial charge in [0, 0.05) is 47.1 Å². The standard InChI is InChI=1S/C32H33F3N3O2S/c1-30(2)23-11-7-9-13-25(23)37(5)27(30)19-17-21-15-16-22(29(21)36-41(39,40)32(33,34)35)18-20-28-31(3,4)24-12-8-10-14-26(24)38(28)6/h7-14,17,19-20H,15-16H2,1-6H3/q+1/b21-17+,27-19+,36-29+. The summed E-state index contributed by atoms with van der Waals surface area (Å²) in [6.45, 7) is 8.31. The van der Waals surface area contributed by atoms with Crippen LogP contribution in [0.4, 0.5) is 24.5 Å². The third kappa shape index (κ3) is 4.71. The van der Waals surface area contributed by atoms with Gasteiger partial charge in [0.25, 0.3) is 0 Å². The second-order valence-electron chi connectivity index (χ2n) is 11.7. The molecule has 0 aromatic heterocycles. The molecule has 2 aromatic carbocycles. The Morgan fingerprint density at radius 3 is 2.22 bits per heavy atom. The molecule has 1 fully saturated rings. The molecule has 3 aliphatic rings. The first-order valence-electron chi connectivity index (χ1n) is 13.4. The highest BCUT2D eigenvalue weighted by molar-refractivity contribution is 7.91. The maximum atomic E-state index is 13.4. The molecule has 2 aliphatic heterocycles. The second kappa shape index (κ2) is 9.71. The molecule has 9 heteroatoms. The first-order chi connectivity index (χ1) is 19.1. The lowest BCUT2D eigenvalue weighted by Crippen LogP contribution is -2.26. The van der Waals surface area contributed by atoms with Gasteiger partial charge in [-0.05, 0) is 50.0 Å². The Labute approximate surface area is 239 Å². The number of halogens is 3. The van der Waals surface area contributed by atoms with Crippen molar-refractivity contribution in [3.8, 4) is 0 Å². The quantitative estimate of drug-likeness (QED) is 0.288. The van der Waals surface area contributed by atoms with E-state index in [0.29, 0.717) is 24.0 Å². The van der Waals surface area contributed by atoms with Crippen LogP contribution in [0.15, 0.2) is 93.7 Å². The summed E-state index contributed by atoms with van der Waals surface area (Å²) in [6, 6.07) is 16.0. The summed E-state index contributed by atoms with van der Waals surface area (Å²) in [5.74, 6) is 0. The van der Waals surface area contributed by atoms with Gasteiger partial charge in [0.15, 0.2) is 5.71 Å². The van der Waals surface area contributed by atoms with Crippen molar-refractivity contribution in [1.29, 1.82) is 0 Å². The van der Waals surface area contributed by atoms with Gasteiger partial charge in [-0.15, -0.1) is 5.73 Å². The Morgan fingerprint density at radius 2 is 1.59 bits per heavy atom. The molecule has 0 spiro atoms. The second-order valence-corrected chi connectivity index (χ2v) is 13.3. The summed E-state index contributed by atoms with van der Waals surface area (Å²) in [6.07, 6.45) is 5.97. The van der Waals surface area contributed by atoms with E-state index in [1.807, 2.05) is 72.1 Å². The number of sulfonamides is 1. The predicted octanol–water partition coefficient (Wildman–Crippen LogP) is 7.10. The molecule has 0 radical (unpaired) electrons. The van der Waals surface area contributed by atoms with Crippen LogP contribution in [0.2, 0.25) is 0 Å². The number of allylic oxidation sites excluding steroid dienone is 5. The van der Waals surface area contributed by atoms with E-state index < -0.39 is 15.5 Å². The molecule has 0 unspecified atom stereocenters. The highest BCUT2D eigenvalue weighted by Gasteiger charge is 2.47. The smallest absolute Gasteiger partial charge is 0.347 e. The molecule has 5 rings (SSSR count). The highest BCUT2D eigenvalue weighted by atomic mass is 32.2. The molecule has 0 bridgehead atoms. The molecule has 2 aromatic rings. The van der Waals surface area contributed by atoms with E-state index in [1.165, 1.54) is 0 Å². The van der Waals surface area contributed by atoms with Gasteiger partial charge >= 0.3 is 15.5 Å². The molecule has 1 aliphatic carbocycles. The van der Waals surface area contributed by atoms with Crippen molar-refractivity contribution in [2.45, 2.75) is 56.9 Å². The van der Waals surface area contributed by atoms with Crippen molar-refractivity contribution in [3.63, 3.8) is 0 Å². The minimum absolute atomic E-state index is 0.192. The van der Waals surface area contributed by atoms with Crippen LogP contribution >= 0.6 is 0 Å². The lowest BCUT2D eigenvalue weighted by molar-refractivity contribution is -0.401. The Balaban J connectivity index is 1.61. The van der Waals surface area contributed by atoms with Crippen LogP contribution in [0.5, 0.6) is 0 Å². The predicted molar refractivity (Wildman–Crippen MR) is 158 cm³/mol. The van der Waals surface area contributed by atoms with Gasteiger partial charge in [-0.1, -0.05) is 56.3 Å². The van der Waals surface area contributed by atoms with Crippen molar-refractivity contribution in [2.75, 3.05) is 19.0 Å². The fourth-order valence-electron chi connectivity index (χ4n) is 6.17. The molecule has 214 valence electrons. The zero-order valence-electron chi connectivity index (χ0n) is 24.0. The molecule has 1 saturated carbocycles. The topological polar surface area (TPSA) is 52.8 Å². The SMILES string of the molecule is CN1/C(=C/C=C2\CCC(=C=CC3=[N+](C)c4ccccc4C3(C)C)\C2=N\S(=O)(=O)C(F)(F)F)C(C)(C)c2ccccc21. The highest BCUT2D eigenvalue weighted by Crippen LogP contribution is 2.47. The Hall–Kier alpha value is -3.68. The Morgan fingerprint density at radius 1 is 0.951 bits per heavy atom. The van der Waals surface area contributed by atoms with Crippen molar-refractivity contribution >= 4 is 32.8 Å². The number of para-hydroxylation sites is 2. The molecule has 5 nitrogen and oxygen atoms in total. The lowest BCUT2D eigenvalue weighted by atomic mass is 9.81. The van der Waals surface area contributed by atoms with Crippen LogP contribution in [0.25, 0.3) is 0 Å². The van der Waals surface area contributed by atoms with Crippen LogP contribution in [0, 0.1) is 0 Å². The number of nitrogens with zero attached hydrogens (tertiary/aromatic N) is 3. The largest absolute Gasteiger partial charge is 0.518 e. The third-order valence-electron chi connectivity index (χ3n) is 8.44. The fourth-order valence-corrected chi connectivity index (χ4v) is 6.75. The van der Waals surface area contributed by atoms with E-state index in [9.17, 15) is 21.6 Å². The molecular formula is C32H33F3N3O2S+. The number of hydrogen-bond acceptors (Lipinski definition) is 3. The van der Waals surface area contributed by atoms with Crippen molar-refractivity contribution < 1.29 is 26.2 Å². The van der Waals surface area contributed by atoms with Crippen LogP contribution < -0.4 is 4.90 Å². The molecular weight excluding hydrogens is 547 g/mol. The van der Waals surface area contributed by atoms with E-state index in [2.05, 4.69) is 43.9 Å². The maximum Gasteiger partial charge on any atom is 0.518 e. The summed E-state index contributed by atoms with van der Waals surface area (Å²) >= 11 is 0. The zero-order valence-corrected chi connectivity index (χ0v) is 24.8. The zero-order chi connectivity index (χ0) is 30.0. The Kier molecular flexibility index (Phi) is 6.83. The molecule has 2 heterocycles. The van der Waals surface area contributed by atoms with E-state index in [1.54, 1.807) is 12.2 Å². The van der Waals surface area contributed by atoms with Crippen molar-refractivity contribution in [3.05, 3.63) is 100 Å². The summed E-state index contributed by atoms with van der Waals surface area (Å²) in [4.78, 5) is 2.05. The fraction of sp³-hybridized carbons (Fsp3) is 0.344. The minimum Gasteiger partial charge on any atom is -0.347 e. The van der Waals surface area contributed by atoms with Gasteiger partial charge in [0.05, 0.1) is 11.1 Å². The van der Waals surface area contributed by atoms with Gasteiger partial charge in [-0.2, -0.15) is 30.6 Å². The van der Waals surface area contributed by atoms with E-state index in [0.717, 1.165) is 33.9 Å². The van der Waals surface area contributed by atoms with E-state index >= 15 is 0 Å². The number of benzene rings is 2. The molecule has 41 heavy (non-hydrogen) atoms. The lowest BCUT2D eigenvalue weighted by Gasteiger charge is -2.23. The molecule has 0 N–H and O–H groups in total. The minimum atomic E-state index is -5.75. The van der Waals surface area contributed by atoms with Gasteiger partial charge in [0.2, 0.25) is 5.69 Å². The van der Waals surface area contributed by atoms with Gasteiger partial charge in [-0.25, -0.2) is 0 Å². The summed E-state index contributed by atoms with van der Waals surface area (Å²) in [7, 11) is -1.88. The number of fused-ring (bicyclic) bond motifs is 2. The van der Waals surface area contributed by atoms with Crippen LogP contribution in [-0.2, 0) is 20.9 Å². The van der Waals surface area contributed by atoms with Crippen LogP contribution in [0.1, 0.15) is 51.7 Å². The van der Waals surface area contributed by atoms with Gasteiger partial charge < -0.3 is 4.90 Å². The number of likely N-dealkylation sites (N-methyl/N-ethyl adjacent to an activating group) is 1. The van der Waals surface area contributed by atoms with E-state index in [4.69, 9.17) is 0 Å². The monoisotopic (exact) mass is 580 g/mol. The molecule has 0 amide bonds. The maximum absolute atomic E-state index is 13.4. The first-order valence-corrected chi connectivity index (χ1v) is 14.8. The summed E-state index contributed by atoms with van der Waals surface area (Å²) < 4.78 is 70.1. The van der Waals surface area contributed by atoms with Crippen molar-refractivity contribution in [1.82, 2.24) is 0 Å². The van der Waals surface area contributed by atoms with Crippen LogP contribution in [0.3, 0.4) is 0 Å². The van der Waals surface area contributed by atoms with Crippen molar-refractivity contribution in [2.24, 2.45) is 4.40 Å². The van der Waals surface area contributed by atoms with Gasteiger partial charge in [0.1, 0.15) is 7.05 Å². The summed E-state index contributed by atoms with van der Waals surface area (Å²) in [5, 5.41) is 0.